The Kier molecular flexibility index (Phi) is 12.3. The van der Waals surface area contributed by atoms with E-state index in [1.54, 1.807) is 6.20 Å². The Bertz CT molecular complexity index is 524. The second-order valence-corrected chi connectivity index (χ2v) is 6.11. The van der Waals surface area contributed by atoms with Gasteiger partial charge in [-0.1, -0.05) is 19.4 Å². The van der Waals surface area contributed by atoms with Crippen molar-refractivity contribution in [3.05, 3.63) is 23.9 Å². The smallest absolute Gasteiger partial charge is 0.218 e. The van der Waals surface area contributed by atoms with E-state index in [4.69, 9.17) is 15.2 Å². The molecule has 1 fully saturated rings. The fourth-order valence-corrected chi connectivity index (χ4v) is 2.56. The minimum absolute atomic E-state index is 0. The molecule has 0 aliphatic carbocycles. The van der Waals surface area contributed by atoms with Gasteiger partial charge < -0.3 is 20.5 Å². The van der Waals surface area contributed by atoms with Gasteiger partial charge >= 0.3 is 0 Å². The molecule has 0 amide bonds. The molecule has 1 aromatic rings. The average molecular weight is 477 g/mol. The van der Waals surface area contributed by atoms with Gasteiger partial charge in [0, 0.05) is 31.4 Å². The second-order valence-electron chi connectivity index (χ2n) is 6.11. The van der Waals surface area contributed by atoms with Crippen molar-refractivity contribution >= 4 is 29.9 Å². The van der Waals surface area contributed by atoms with Crippen molar-refractivity contribution in [1.82, 2.24) is 15.2 Å². The molecular formula is C18H32IN5O2. The summed E-state index contributed by atoms with van der Waals surface area (Å²) >= 11 is 0. The highest BCUT2D eigenvalue weighted by atomic mass is 127. The van der Waals surface area contributed by atoms with Crippen molar-refractivity contribution in [2.75, 3.05) is 46.0 Å². The van der Waals surface area contributed by atoms with Crippen LogP contribution in [0.25, 0.3) is 0 Å². The van der Waals surface area contributed by atoms with Gasteiger partial charge in [0.05, 0.1) is 26.4 Å². The highest BCUT2D eigenvalue weighted by Crippen LogP contribution is 2.15. The number of nitrogens with two attached hydrogens (primary N) is 1. The molecule has 0 spiro atoms. The van der Waals surface area contributed by atoms with Gasteiger partial charge in [-0.15, -0.1) is 24.0 Å². The van der Waals surface area contributed by atoms with Crippen LogP contribution in [0.3, 0.4) is 0 Å². The number of pyridine rings is 1. The normalized spacial score (nSPS) is 15.3. The van der Waals surface area contributed by atoms with Crippen LogP contribution in [-0.2, 0) is 11.3 Å². The average Bonchev–Trinajstić information content (AvgIpc) is 2.65. The molecule has 0 saturated carbocycles. The second kappa shape index (κ2) is 14.0. The largest absolute Gasteiger partial charge is 0.477 e. The minimum atomic E-state index is 0. The van der Waals surface area contributed by atoms with E-state index in [1.807, 2.05) is 12.1 Å². The monoisotopic (exact) mass is 477 g/mol. The van der Waals surface area contributed by atoms with Crippen LogP contribution in [0.1, 0.15) is 31.7 Å². The van der Waals surface area contributed by atoms with Gasteiger partial charge in [0.1, 0.15) is 0 Å². The standard InChI is InChI=1S/C18H31N5O2.HI/c1-2-3-12-25-17-16(6-4-7-20-17)15-22-18(19)21-8-5-9-23-10-13-24-14-11-23;/h4,6-7H,2-3,5,8-15H2,1H3,(H3,19,21,22);1H. The van der Waals surface area contributed by atoms with Crippen molar-refractivity contribution in [1.29, 1.82) is 0 Å². The van der Waals surface area contributed by atoms with Gasteiger partial charge in [-0.25, -0.2) is 9.98 Å². The molecule has 0 atom stereocenters. The predicted molar refractivity (Wildman–Crippen MR) is 115 cm³/mol. The Hall–Kier alpha value is -1.13. The zero-order chi connectivity index (χ0) is 17.7. The van der Waals surface area contributed by atoms with Crippen molar-refractivity contribution in [2.24, 2.45) is 10.7 Å². The first kappa shape index (κ1) is 22.9. The zero-order valence-electron chi connectivity index (χ0n) is 15.7. The highest BCUT2D eigenvalue weighted by Gasteiger charge is 2.09. The Morgan fingerprint density at radius 3 is 2.96 bits per heavy atom. The molecule has 0 unspecified atom stereocenters. The molecule has 1 saturated heterocycles. The number of morpholine rings is 1. The van der Waals surface area contributed by atoms with Crippen LogP contribution in [0, 0.1) is 0 Å². The summed E-state index contributed by atoms with van der Waals surface area (Å²) in [4.78, 5) is 11.1. The van der Waals surface area contributed by atoms with Crippen molar-refractivity contribution in [3.63, 3.8) is 0 Å². The lowest BCUT2D eigenvalue weighted by Crippen LogP contribution is -2.39. The Morgan fingerprint density at radius 2 is 2.19 bits per heavy atom. The molecule has 26 heavy (non-hydrogen) atoms. The van der Waals surface area contributed by atoms with Crippen LogP contribution in [0.5, 0.6) is 5.88 Å². The van der Waals surface area contributed by atoms with Crippen LogP contribution >= 0.6 is 24.0 Å². The van der Waals surface area contributed by atoms with E-state index >= 15 is 0 Å². The third-order valence-electron chi connectivity index (χ3n) is 4.07. The van der Waals surface area contributed by atoms with Crippen LogP contribution in [-0.4, -0.2) is 61.8 Å². The fourth-order valence-electron chi connectivity index (χ4n) is 2.56. The van der Waals surface area contributed by atoms with Gasteiger partial charge in [-0.05, 0) is 25.5 Å². The summed E-state index contributed by atoms with van der Waals surface area (Å²) in [6.45, 7) is 8.88. The number of rotatable bonds is 10. The molecule has 0 bridgehead atoms. The number of nitrogens with zero attached hydrogens (tertiary/aromatic N) is 3. The lowest BCUT2D eigenvalue weighted by atomic mass is 10.3. The molecule has 3 N–H and O–H groups in total. The van der Waals surface area contributed by atoms with Gasteiger partial charge in [0.2, 0.25) is 5.88 Å². The number of aliphatic imine (C=N–C) groups is 1. The number of guanidine groups is 1. The minimum Gasteiger partial charge on any atom is -0.477 e. The summed E-state index contributed by atoms with van der Waals surface area (Å²) in [6, 6.07) is 3.87. The molecule has 1 aromatic heterocycles. The van der Waals surface area contributed by atoms with E-state index in [2.05, 4.69) is 27.1 Å². The molecule has 148 valence electrons. The zero-order valence-corrected chi connectivity index (χ0v) is 18.0. The molecule has 8 heteroatoms. The van der Waals surface area contributed by atoms with E-state index in [0.717, 1.165) is 64.2 Å². The van der Waals surface area contributed by atoms with Gasteiger partial charge in [-0.3, -0.25) is 4.90 Å². The Balaban J connectivity index is 0.00000338. The van der Waals surface area contributed by atoms with Gasteiger partial charge in [-0.2, -0.15) is 0 Å². The third-order valence-corrected chi connectivity index (χ3v) is 4.07. The number of hydrogen-bond acceptors (Lipinski definition) is 5. The maximum absolute atomic E-state index is 5.96. The van der Waals surface area contributed by atoms with Crippen LogP contribution in [0.4, 0.5) is 0 Å². The van der Waals surface area contributed by atoms with E-state index in [1.165, 1.54) is 0 Å². The predicted octanol–water partition coefficient (Wildman–Crippen LogP) is 2.01. The fraction of sp³-hybridized carbons (Fsp3) is 0.667. The third kappa shape index (κ3) is 9.00. The highest BCUT2D eigenvalue weighted by molar-refractivity contribution is 14.0. The SMILES string of the molecule is CCCCOc1ncccc1CN=C(N)NCCCN1CCOCC1.I. The topological polar surface area (TPSA) is 85.0 Å². The summed E-state index contributed by atoms with van der Waals surface area (Å²) < 4.78 is 11.1. The van der Waals surface area contributed by atoms with Crippen LogP contribution in [0.15, 0.2) is 23.3 Å². The van der Waals surface area contributed by atoms with Crippen LogP contribution in [0.2, 0.25) is 0 Å². The van der Waals surface area contributed by atoms with Gasteiger partial charge in [0.25, 0.3) is 0 Å². The van der Waals surface area contributed by atoms with Crippen LogP contribution < -0.4 is 15.8 Å². The molecule has 2 rings (SSSR count). The van der Waals surface area contributed by atoms with E-state index in [9.17, 15) is 0 Å². The van der Waals surface area contributed by atoms with E-state index in [0.29, 0.717) is 25.0 Å². The van der Waals surface area contributed by atoms with Gasteiger partial charge in [0.15, 0.2) is 5.96 Å². The maximum atomic E-state index is 5.96. The Labute approximate surface area is 173 Å². The summed E-state index contributed by atoms with van der Waals surface area (Å²) in [5.41, 5.74) is 6.91. The number of unbranched alkanes of at least 4 members (excludes halogenated alkanes) is 1. The van der Waals surface area contributed by atoms with Crippen molar-refractivity contribution in [3.8, 4) is 5.88 Å². The molecular weight excluding hydrogens is 445 g/mol. The lowest BCUT2D eigenvalue weighted by Gasteiger charge is -2.26. The van der Waals surface area contributed by atoms with E-state index in [-0.39, 0.29) is 24.0 Å². The first-order chi connectivity index (χ1) is 12.3. The number of aromatic nitrogens is 1. The molecule has 1 aliphatic rings. The summed E-state index contributed by atoms with van der Waals surface area (Å²) in [5.74, 6) is 1.12. The number of hydrogen-bond donors (Lipinski definition) is 2. The number of nitrogens with one attached hydrogen (secondary N) is 1. The first-order valence-electron chi connectivity index (χ1n) is 9.20. The molecule has 0 aromatic carbocycles. The summed E-state index contributed by atoms with van der Waals surface area (Å²) in [5, 5.41) is 3.17. The Morgan fingerprint density at radius 1 is 1.38 bits per heavy atom. The van der Waals surface area contributed by atoms with Crippen molar-refractivity contribution < 1.29 is 9.47 Å². The lowest BCUT2D eigenvalue weighted by molar-refractivity contribution is 0.0376. The van der Waals surface area contributed by atoms with E-state index < -0.39 is 0 Å². The molecule has 2 heterocycles. The number of ether oxygens (including phenoxy) is 2. The summed E-state index contributed by atoms with van der Waals surface area (Å²) in [7, 11) is 0. The summed E-state index contributed by atoms with van der Waals surface area (Å²) in [6.07, 6.45) is 4.89. The quantitative estimate of drug-likeness (QED) is 0.232. The first-order valence-corrected chi connectivity index (χ1v) is 9.20. The van der Waals surface area contributed by atoms with Crippen molar-refractivity contribution in [2.45, 2.75) is 32.7 Å². The molecule has 7 nitrogen and oxygen atoms in total. The molecule has 1 aliphatic heterocycles. The number of halogens is 1. The molecule has 0 radical (unpaired) electrons. The maximum Gasteiger partial charge on any atom is 0.218 e.